The summed E-state index contributed by atoms with van der Waals surface area (Å²) >= 11 is 0. The van der Waals surface area contributed by atoms with Crippen LogP contribution in [0.1, 0.15) is 11.1 Å². The fourth-order valence-corrected chi connectivity index (χ4v) is 2.65. The van der Waals surface area contributed by atoms with Crippen molar-refractivity contribution in [2.75, 3.05) is 0 Å². The van der Waals surface area contributed by atoms with Gasteiger partial charge in [-0.2, -0.15) is 0 Å². The number of phenolic OH excluding ortho intramolecular Hbond substituents is 4. The van der Waals surface area contributed by atoms with Crippen molar-refractivity contribution in [3.05, 3.63) is 53.6 Å². The normalized spacial score (nSPS) is 13.5. The lowest BCUT2D eigenvalue weighted by Crippen LogP contribution is -2.45. The molecule has 2 rings (SSSR count). The van der Waals surface area contributed by atoms with Crippen LogP contribution in [0.25, 0.3) is 6.08 Å². The molecular formula is C22H20O13. The molecule has 0 aliphatic carbocycles. The van der Waals surface area contributed by atoms with Gasteiger partial charge in [0.05, 0.1) is 0 Å². The third-order valence-corrected chi connectivity index (χ3v) is 4.42. The molecule has 0 radical (unpaired) electrons. The molecule has 0 bridgehead atoms. The molecule has 0 heterocycles. The summed E-state index contributed by atoms with van der Waals surface area (Å²) in [5.41, 5.74) is 0.343. The van der Waals surface area contributed by atoms with E-state index < -0.39 is 71.6 Å². The van der Waals surface area contributed by atoms with Gasteiger partial charge in [-0.1, -0.05) is 12.1 Å². The van der Waals surface area contributed by atoms with E-state index in [9.17, 15) is 54.9 Å². The highest BCUT2D eigenvalue weighted by atomic mass is 16.6. The fraction of sp³-hybridized carbons (Fsp3) is 0.182. The van der Waals surface area contributed by atoms with Crippen molar-refractivity contribution in [2.24, 2.45) is 0 Å². The van der Waals surface area contributed by atoms with E-state index in [-0.39, 0.29) is 11.1 Å². The second-order valence-corrected chi connectivity index (χ2v) is 7.01. The van der Waals surface area contributed by atoms with Crippen LogP contribution in [0.5, 0.6) is 23.0 Å². The molecule has 0 aliphatic rings. The summed E-state index contributed by atoms with van der Waals surface area (Å²) in [7, 11) is 0. The van der Waals surface area contributed by atoms with Gasteiger partial charge < -0.3 is 45.2 Å². The Hall–Kier alpha value is -4.78. The predicted molar refractivity (Wildman–Crippen MR) is 113 cm³/mol. The summed E-state index contributed by atoms with van der Waals surface area (Å²) in [4.78, 5) is 47.0. The second-order valence-electron chi connectivity index (χ2n) is 7.01. The quantitative estimate of drug-likeness (QED) is 0.133. The first-order valence-electron chi connectivity index (χ1n) is 9.64. The van der Waals surface area contributed by atoms with Crippen LogP contribution in [0.15, 0.2) is 42.5 Å². The average molecular weight is 492 g/mol. The summed E-state index contributed by atoms with van der Waals surface area (Å²) in [5.74, 6) is -8.58. The van der Waals surface area contributed by atoms with Crippen molar-refractivity contribution in [2.45, 2.75) is 24.7 Å². The second kappa shape index (κ2) is 11.4. The van der Waals surface area contributed by atoms with Gasteiger partial charge in [0, 0.05) is 12.5 Å². The number of phenols is 4. The number of aliphatic carboxylic acids is 2. The number of carbonyl (C=O) groups is 4. The number of aromatic hydroxyl groups is 4. The van der Waals surface area contributed by atoms with Crippen molar-refractivity contribution >= 4 is 30.0 Å². The molecule has 3 atom stereocenters. The van der Waals surface area contributed by atoms with E-state index in [1.54, 1.807) is 0 Å². The fourth-order valence-electron chi connectivity index (χ4n) is 2.65. The van der Waals surface area contributed by atoms with Crippen LogP contribution in [0.2, 0.25) is 0 Å². The van der Waals surface area contributed by atoms with E-state index in [1.807, 2.05) is 0 Å². The standard InChI is InChI=1S/C22H20O13/c23-12-4-1-10(7-14(12)25)3-6-17(27)35-19(21(31)32)18(28)22(33)34-16(20(29)30)9-11-2-5-13(24)15(26)8-11/h1-8,16,18-19,23-26,28H,9H2,(H,29,30)(H,31,32)/b6-3+. The van der Waals surface area contributed by atoms with Crippen LogP contribution in [-0.2, 0) is 35.1 Å². The first-order chi connectivity index (χ1) is 16.4. The Balaban J connectivity index is 2.08. The summed E-state index contributed by atoms with van der Waals surface area (Å²) in [6.07, 6.45) is -5.69. The highest BCUT2D eigenvalue weighted by molar-refractivity contribution is 5.92. The van der Waals surface area contributed by atoms with E-state index in [0.29, 0.717) is 0 Å². The topological polar surface area (TPSA) is 228 Å². The molecule has 35 heavy (non-hydrogen) atoms. The van der Waals surface area contributed by atoms with E-state index in [0.717, 1.165) is 36.4 Å². The molecule has 0 spiro atoms. The molecule has 0 fully saturated rings. The van der Waals surface area contributed by atoms with Gasteiger partial charge in [0.2, 0.25) is 12.2 Å². The van der Waals surface area contributed by atoms with E-state index in [2.05, 4.69) is 9.47 Å². The maximum absolute atomic E-state index is 12.2. The van der Waals surface area contributed by atoms with Gasteiger partial charge in [-0.25, -0.2) is 19.2 Å². The zero-order chi connectivity index (χ0) is 26.3. The molecule has 0 aromatic heterocycles. The highest BCUT2D eigenvalue weighted by Crippen LogP contribution is 2.26. The molecule has 2 aromatic rings. The first kappa shape index (κ1) is 26.5. The predicted octanol–water partition coefficient (Wildman–Crippen LogP) is 0.119. The number of aliphatic hydroxyl groups is 1. The van der Waals surface area contributed by atoms with Gasteiger partial charge in [0.25, 0.3) is 0 Å². The van der Waals surface area contributed by atoms with Crippen molar-refractivity contribution in [1.29, 1.82) is 0 Å². The number of carboxylic acids is 2. The monoisotopic (exact) mass is 492 g/mol. The van der Waals surface area contributed by atoms with Crippen molar-refractivity contribution in [3.63, 3.8) is 0 Å². The van der Waals surface area contributed by atoms with Crippen molar-refractivity contribution in [3.8, 4) is 23.0 Å². The minimum atomic E-state index is -2.60. The van der Waals surface area contributed by atoms with E-state index >= 15 is 0 Å². The lowest BCUT2D eigenvalue weighted by molar-refractivity contribution is -0.184. The largest absolute Gasteiger partial charge is 0.504 e. The minimum absolute atomic E-state index is 0.126. The van der Waals surface area contributed by atoms with Gasteiger partial charge in [0.1, 0.15) is 0 Å². The third-order valence-electron chi connectivity index (χ3n) is 4.42. The Morgan fingerprint density at radius 1 is 0.800 bits per heavy atom. The third kappa shape index (κ3) is 7.36. The number of esters is 2. The van der Waals surface area contributed by atoms with Gasteiger partial charge >= 0.3 is 23.9 Å². The zero-order valence-electron chi connectivity index (χ0n) is 17.6. The van der Waals surface area contributed by atoms with Crippen LogP contribution >= 0.6 is 0 Å². The van der Waals surface area contributed by atoms with Crippen molar-refractivity contribution in [1.82, 2.24) is 0 Å². The number of hydrogen-bond acceptors (Lipinski definition) is 11. The molecule has 0 aliphatic heterocycles. The smallest absolute Gasteiger partial charge is 0.348 e. The molecule has 0 saturated heterocycles. The Bertz CT molecular complexity index is 1150. The van der Waals surface area contributed by atoms with E-state index in [1.165, 1.54) is 12.1 Å². The number of benzene rings is 2. The lowest BCUT2D eigenvalue weighted by atomic mass is 10.1. The SMILES string of the molecule is O=C(/C=C/c1ccc(O)c(O)c1)OC(C(=O)O)C(O)C(=O)OC(Cc1ccc(O)c(O)c1)C(=O)O. The number of ether oxygens (including phenoxy) is 2. The lowest BCUT2D eigenvalue weighted by Gasteiger charge is -2.20. The van der Waals surface area contributed by atoms with Crippen LogP contribution in [-0.4, -0.2) is 77.9 Å². The number of hydrogen-bond donors (Lipinski definition) is 7. The van der Waals surface area contributed by atoms with Gasteiger partial charge in [-0.05, 0) is 41.5 Å². The Kier molecular flexibility index (Phi) is 8.61. The zero-order valence-corrected chi connectivity index (χ0v) is 17.6. The summed E-state index contributed by atoms with van der Waals surface area (Å²) in [6, 6.07) is 6.82. The molecule has 0 amide bonds. The summed E-state index contributed by atoms with van der Waals surface area (Å²) in [6.45, 7) is 0. The van der Waals surface area contributed by atoms with Gasteiger partial charge in [-0.3, -0.25) is 0 Å². The van der Waals surface area contributed by atoms with Crippen molar-refractivity contribution < 1.29 is 64.4 Å². The molecule has 186 valence electrons. The number of carboxylic acid groups (broad SMARTS) is 2. The number of aliphatic hydroxyl groups excluding tert-OH is 1. The molecule has 2 aromatic carbocycles. The summed E-state index contributed by atoms with van der Waals surface area (Å²) < 4.78 is 9.22. The maximum atomic E-state index is 12.2. The molecule has 7 N–H and O–H groups in total. The first-order valence-corrected chi connectivity index (χ1v) is 9.64. The maximum Gasteiger partial charge on any atom is 0.348 e. The molecule has 0 saturated carbocycles. The van der Waals surface area contributed by atoms with Gasteiger partial charge in [-0.15, -0.1) is 0 Å². The van der Waals surface area contributed by atoms with Crippen LogP contribution in [0.4, 0.5) is 0 Å². The molecule has 13 nitrogen and oxygen atoms in total. The minimum Gasteiger partial charge on any atom is -0.504 e. The van der Waals surface area contributed by atoms with Crippen LogP contribution in [0, 0.1) is 0 Å². The average Bonchev–Trinajstić information content (AvgIpc) is 2.79. The van der Waals surface area contributed by atoms with Crippen LogP contribution < -0.4 is 0 Å². The Morgan fingerprint density at radius 3 is 1.94 bits per heavy atom. The van der Waals surface area contributed by atoms with Crippen LogP contribution in [0.3, 0.4) is 0 Å². The van der Waals surface area contributed by atoms with Gasteiger partial charge in [0.15, 0.2) is 29.1 Å². The number of rotatable bonds is 10. The molecular weight excluding hydrogens is 472 g/mol. The Labute approximate surface area is 196 Å². The Morgan fingerprint density at radius 2 is 1.40 bits per heavy atom. The molecule has 13 heteroatoms. The van der Waals surface area contributed by atoms with E-state index in [4.69, 9.17) is 0 Å². The highest BCUT2D eigenvalue weighted by Gasteiger charge is 2.38. The summed E-state index contributed by atoms with van der Waals surface area (Å²) in [5, 5.41) is 66.0. The molecule has 3 unspecified atom stereocenters. The number of carbonyl (C=O) groups excluding carboxylic acids is 2.